The van der Waals surface area contributed by atoms with Gasteiger partial charge in [-0.05, 0) is 12.1 Å². The molecule has 1 aromatic rings. The average Bonchev–Trinajstić information content (AvgIpc) is 2.21. The van der Waals surface area contributed by atoms with Crippen molar-refractivity contribution in [1.82, 2.24) is 0 Å². The van der Waals surface area contributed by atoms with Crippen LogP contribution in [0.2, 0.25) is 0 Å². The molecular weight excluding hydrogens is 188 g/mol. The molecule has 1 aromatic carbocycles. The summed E-state index contributed by atoms with van der Waals surface area (Å²) in [5, 5.41) is 0. The minimum Gasteiger partial charge on any atom is -0.607 e. The first-order valence-corrected chi connectivity index (χ1v) is 5.02. The summed E-state index contributed by atoms with van der Waals surface area (Å²) in [6.07, 6.45) is 0. The van der Waals surface area contributed by atoms with E-state index < -0.39 is 16.8 Å². The van der Waals surface area contributed by atoms with Gasteiger partial charge in [-0.1, -0.05) is 18.2 Å². The van der Waals surface area contributed by atoms with Crippen LogP contribution in [0.15, 0.2) is 35.2 Å². The summed E-state index contributed by atoms with van der Waals surface area (Å²) < 4.78 is 21.5. The molecule has 0 spiro atoms. The molecule has 0 radical (unpaired) electrons. The van der Waals surface area contributed by atoms with E-state index in [1.807, 2.05) is 18.2 Å². The van der Waals surface area contributed by atoms with Gasteiger partial charge in [-0.25, -0.2) is 0 Å². The Morgan fingerprint density at radius 2 is 1.69 bits per heavy atom. The maximum Gasteiger partial charge on any atom is 0.332 e. The predicted molar refractivity (Wildman–Crippen MR) is 50.7 cm³/mol. The van der Waals surface area contributed by atoms with E-state index in [1.54, 1.807) is 12.1 Å². The normalized spacial score (nSPS) is 13.2. The standard InChI is InChI=1S/C9H12O3S/c1-11-9(12-2)13(10)8-6-4-3-5-7-8/h3-7,9H,1-2H3. The Morgan fingerprint density at radius 3 is 2.15 bits per heavy atom. The van der Waals surface area contributed by atoms with E-state index >= 15 is 0 Å². The lowest BCUT2D eigenvalue weighted by Gasteiger charge is -2.17. The molecule has 4 heteroatoms. The molecule has 0 fully saturated rings. The summed E-state index contributed by atoms with van der Waals surface area (Å²) in [6.45, 7) is 0. The second-order valence-electron chi connectivity index (χ2n) is 2.37. The summed E-state index contributed by atoms with van der Waals surface area (Å²) in [4.78, 5) is 0.705. The minimum absolute atomic E-state index is 0.692. The maximum absolute atomic E-state index is 11.7. The highest BCUT2D eigenvalue weighted by molar-refractivity contribution is 7.91. The number of ether oxygens (including phenoxy) is 2. The fourth-order valence-corrected chi connectivity index (χ4v) is 1.93. The van der Waals surface area contributed by atoms with Crippen molar-refractivity contribution in [3.63, 3.8) is 0 Å². The van der Waals surface area contributed by atoms with Gasteiger partial charge in [-0.3, -0.25) is 0 Å². The number of methoxy groups -OCH3 is 2. The van der Waals surface area contributed by atoms with Crippen molar-refractivity contribution < 1.29 is 14.0 Å². The van der Waals surface area contributed by atoms with E-state index in [4.69, 9.17) is 9.47 Å². The van der Waals surface area contributed by atoms with Gasteiger partial charge in [0.2, 0.25) is 0 Å². The molecule has 0 aliphatic carbocycles. The summed E-state index contributed by atoms with van der Waals surface area (Å²) in [6, 6.07) is 9.09. The number of rotatable bonds is 4. The zero-order chi connectivity index (χ0) is 9.68. The molecule has 1 rings (SSSR count). The molecule has 0 amide bonds. The molecule has 0 aromatic heterocycles. The first-order chi connectivity index (χ1) is 6.29. The molecule has 0 aliphatic rings. The van der Waals surface area contributed by atoms with E-state index in [9.17, 15) is 4.55 Å². The lowest BCUT2D eigenvalue weighted by molar-refractivity contribution is -0.0415. The van der Waals surface area contributed by atoms with Crippen molar-refractivity contribution in [3.8, 4) is 0 Å². The summed E-state index contributed by atoms with van der Waals surface area (Å²) >= 11 is -1.27. The fourth-order valence-electron chi connectivity index (χ4n) is 0.937. The molecule has 3 nitrogen and oxygen atoms in total. The Balaban J connectivity index is 2.72. The van der Waals surface area contributed by atoms with Crippen LogP contribution in [0.3, 0.4) is 0 Å². The number of hydrogen-bond acceptors (Lipinski definition) is 3. The molecule has 0 saturated heterocycles. The van der Waals surface area contributed by atoms with E-state index in [-0.39, 0.29) is 0 Å². The summed E-state index contributed by atoms with van der Waals surface area (Å²) in [7, 11) is 2.93. The van der Waals surface area contributed by atoms with Crippen LogP contribution in [-0.2, 0) is 20.6 Å². The monoisotopic (exact) mass is 200 g/mol. The van der Waals surface area contributed by atoms with Crippen LogP contribution >= 0.6 is 0 Å². The van der Waals surface area contributed by atoms with Crippen molar-refractivity contribution in [3.05, 3.63) is 30.3 Å². The third-order valence-corrected chi connectivity index (χ3v) is 3.01. The van der Waals surface area contributed by atoms with Crippen LogP contribution in [0.1, 0.15) is 0 Å². The molecule has 1 atom stereocenters. The minimum atomic E-state index is -1.27. The van der Waals surface area contributed by atoms with Gasteiger partial charge in [0.15, 0.2) is 4.90 Å². The van der Waals surface area contributed by atoms with Crippen LogP contribution in [0, 0.1) is 0 Å². The first-order valence-electron chi connectivity index (χ1n) is 3.81. The van der Waals surface area contributed by atoms with E-state index in [0.717, 1.165) is 0 Å². The molecule has 0 heterocycles. The Kier molecular flexibility index (Phi) is 4.24. The zero-order valence-electron chi connectivity index (χ0n) is 7.60. The summed E-state index contributed by atoms with van der Waals surface area (Å²) in [5.74, 6) is 0. The zero-order valence-corrected chi connectivity index (χ0v) is 8.41. The molecule has 0 bridgehead atoms. The SMILES string of the molecule is COC(OC)[S+]([O-])c1ccccc1. The van der Waals surface area contributed by atoms with Gasteiger partial charge >= 0.3 is 5.62 Å². The lowest BCUT2D eigenvalue weighted by atomic mass is 10.4. The van der Waals surface area contributed by atoms with Gasteiger partial charge in [0.1, 0.15) is 0 Å². The van der Waals surface area contributed by atoms with Gasteiger partial charge in [0.25, 0.3) is 0 Å². The topological polar surface area (TPSA) is 41.5 Å². The van der Waals surface area contributed by atoms with Gasteiger partial charge in [0.05, 0.1) is 0 Å². The van der Waals surface area contributed by atoms with E-state index in [2.05, 4.69) is 0 Å². The molecule has 13 heavy (non-hydrogen) atoms. The second kappa shape index (κ2) is 5.24. The molecular formula is C9H12O3S. The predicted octanol–water partition coefficient (Wildman–Crippen LogP) is 1.37. The van der Waals surface area contributed by atoms with E-state index in [0.29, 0.717) is 4.90 Å². The van der Waals surface area contributed by atoms with Crippen molar-refractivity contribution in [1.29, 1.82) is 0 Å². The largest absolute Gasteiger partial charge is 0.607 e. The Morgan fingerprint density at radius 1 is 1.15 bits per heavy atom. The fraction of sp³-hybridized carbons (Fsp3) is 0.333. The highest BCUT2D eigenvalue weighted by atomic mass is 32.2. The van der Waals surface area contributed by atoms with Gasteiger partial charge in [0, 0.05) is 25.4 Å². The molecule has 0 saturated carbocycles. The van der Waals surface area contributed by atoms with Crippen molar-refractivity contribution in [2.24, 2.45) is 0 Å². The van der Waals surface area contributed by atoms with Crippen LogP contribution in [0.4, 0.5) is 0 Å². The Labute approximate surface area is 80.8 Å². The van der Waals surface area contributed by atoms with Crippen LogP contribution in [0.25, 0.3) is 0 Å². The lowest BCUT2D eigenvalue weighted by Crippen LogP contribution is -2.25. The Hall–Kier alpha value is -0.550. The highest BCUT2D eigenvalue weighted by Crippen LogP contribution is 2.16. The van der Waals surface area contributed by atoms with Gasteiger partial charge in [-0.15, -0.1) is 0 Å². The van der Waals surface area contributed by atoms with Crippen molar-refractivity contribution >= 4 is 11.2 Å². The molecule has 0 aliphatic heterocycles. The third-order valence-electron chi connectivity index (χ3n) is 1.54. The average molecular weight is 200 g/mol. The number of hydrogen-bond donors (Lipinski definition) is 0. The molecule has 1 unspecified atom stereocenters. The van der Waals surface area contributed by atoms with Gasteiger partial charge in [-0.2, -0.15) is 0 Å². The van der Waals surface area contributed by atoms with Crippen molar-refractivity contribution in [2.75, 3.05) is 14.2 Å². The first kappa shape index (κ1) is 10.5. The smallest absolute Gasteiger partial charge is 0.332 e. The van der Waals surface area contributed by atoms with Crippen LogP contribution in [-0.4, -0.2) is 24.4 Å². The van der Waals surface area contributed by atoms with Gasteiger partial charge < -0.3 is 14.0 Å². The second-order valence-corrected chi connectivity index (χ2v) is 3.82. The van der Waals surface area contributed by atoms with Crippen molar-refractivity contribution in [2.45, 2.75) is 10.5 Å². The molecule has 0 N–H and O–H groups in total. The van der Waals surface area contributed by atoms with E-state index in [1.165, 1.54) is 14.2 Å². The quantitative estimate of drug-likeness (QED) is 0.544. The number of benzene rings is 1. The third kappa shape index (κ3) is 2.70. The van der Waals surface area contributed by atoms with Crippen LogP contribution in [0.5, 0.6) is 0 Å². The molecule has 72 valence electrons. The summed E-state index contributed by atoms with van der Waals surface area (Å²) in [5.41, 5.74) is -0.692. The Bertz CT molecular complexity index is 236. The highest BCUT2D eigenvalue weighted by Gasteiger charge is 2.23. The maximum atomic E-state index is 11.7. The van der Waals surface area contributed by atoms with Crippen LogP contribution < -0.4 is 0 Å².